The molecule has 23 aromatic rings. The second kappa shape index (κ2) is 21.9. The molecule has 104 heavy (non-hydrogen) atoms. The summed E-state index contributed by atoms with van der Waals surface area (Å²) in [5, 5.41) is 25.3. The van der Waals surface area contributed by atoms with Crippen LogP contribution in [0.2, 0.25) is 0 Å². The molecule has 0 saturated carbocycles. The lowest BCUT2D eigenvalue weighted by molar-refractivity contribution is 0.663. The zero-order valence-electron chi connectivity index (χ0n) is 56.1. The number of aromatic nitrogens is 1. The van der Waals surface area contributed by atoms with Gasteiger partial charge in [0.15, 0.2) is 0 Å². The van der Waals surface area contributed by atoms with E-state index in [1.807, 2.05) is 0 Å². The van der Waals surface area contributed by atoms with Crippen LogP contribution in [-0.2, 0) is 0 Å². The normalized spacial score (nSPS) is 12.2. The van der Waals surface area contributed by atoms with Crippen LogP contribution in [0.4, 0.5) is 0 Å². The van der Waals surface area contributed by atoms with E-state index in [0.717, 1.165) is 115 Å². The van der Waals surface area contributed by atoms with Gasteiger partial charge < -0.3 is 18.2 Å². The number of rotatable bonds is 7. The van der Waals surface area contributed by atoms with Crippen molar-refractivity contribution in [3.63, 3.8) is 0 Å². The van der Waals surface area contributed by atoms with Gasteiger partial charge in [-0.2, -0.15) is 0 Å². The van der Waals surface area contributed by atoms with Crippen molar-refractivity contribution in [1.29, 1.82) is 0 Å². The minimum Gasteiger partial charge on any atom is -0.456 e. The van der Waals surface area contributed by atoms with Crippen LogP contribution in [0.5, 0.6) is 0 Å². The highest BCUT2D eigenvalue weighted by molar-refractivity contribution is 6.31. The first-order valence-corrected chi connectivity index (χ1v) is 35.7. The van der Waals surface area contributed by atoms with Gasteiger partial charge in [-0.1, -0.05) is 243 Å². The Kier molecular flexibility index (Phi) is 12.0. The number of H-pyrrole nitrogens is 1. The van der Waals surface area contributed by atoms with E-state index in [0.29, 0.717) is 0 Å². The number of hydrogen-bond acceptors (Lipinski definition) is 3. The molecule has 0 spiro atoms. The van der Waals surface area contributed by atoms with E-state index in [-0.39, 0.29) is 0 Å². The van der Waals surface area contributed by atoms with Gasteiger partial charge in [0.05, 0.1) is 5.39 Å². The molecule has 0 amide bonds. The molecular formula is C100H57NO3. The number of nitrogens with one attached hydrogen (secondary N) is 1. The minimum atomic E-state index is 0.814. The highest BCUT2D eigenvalue weighted by Gasteiger charge is 2.25. The largest absolute Gasteiger partial charge is 0.456 e. The van der Waals surface area contributed by atoms with E-state index in [4.69, 9.17) is 13.3 Å². The molecule has 0 radical (unpaired) electrons. The molecule has 0 atom stereocenters. The smallest absolute Gasteiger partial charge is 0.147 e. The molecule has 4 nitrogen and oxygen atoms in total. The van der Waals surface area contributed by atoms with E-state index in [1.165, 1.54) is 125 Å². The maximum Gasteiger partial charge on any atom is 0.147 e. The number of furan rings is 3. The number of para-hydroxylation sites is 1. The van der Waals surface area contributed by atoms with E-state index in [2.05, 4.69) is 345 Å². The number of benzene rings is 19. The molecule has 4 aromatic heterocycles. The number of hydrogen-bond donors (Lipinski definition) is 1. The van der Waals surface area contributed by atoms with Crippen molar-refractivity contribution in [2.75, 3.05) is 0 Å². The number of fused-ring (bicyclic) bond motifs is 22. The first-order chi connectivity index (χ1) is 51.5. The fourth-order valence-electron chi connectivity index (χ4n) is 17.8. The van der Waals surface area contributed by atoms with Crippen LogP contribution in [0.3, 0.4) is 0 Å². The van der Waals surface area contributed by atoms with Crippen molar-refractivity contribution in [2.24, 2.45) is 0 Å². The molecule has 0 aliphatic rings. The second-order valence-electron chi connectivity index (χ2n) is 28.1. The van der Waals surface area contributed by atoms with Gasteiger partial charge >= 0.3 is 0 Å². The Morgan fingerprint density at radius 1 is 0.163 bits per heavy atom. The molecule has 0 unspecified atom stereocenters. The van der Waals surface area contributed by atoms with Gasteiger partial charge in [0.1, 0.15) is 33.5 Å². The summed E-state index contributed by atoms with van der Waals surface area (Å²) in [6.45, 7) is 0. The van der Waals surface area contributed by atoms with Crippen molar-refractivity contribution >= 4 is 163 Å². The third kappa shape index (κ3) is 8.48. The second-order valence-corrected chi connectivity index (χ2v) is 28.1. The van der Waals surface area contributed by atoms with Crippen LogP contribution in [-0.4, -0.2) is 4.98 Å². The maximum atomic E-state index is 7.01. The summed E-state index contributed by atoms with van der Waals surface area (Å²) in [4.78, 5) is 3.80. The fraction of sp³-hybridized carbons (Fsp3) is 0. The van der Waals surface area contributed by atoms with Crippen LogP contribution >= 0.6 is 0 Å². The highest BCUT2D eigenvalue weighted by atomic mass is 16.3. The molecule has 0 aliphatic heterocycles. The SMILES string of the molecule is c1ccc(-c2ccc3cc(-c4c5ccccc5c(-c5ccc6oc7c(ccc8oc9ccc%10ccccc%10c9c87)c6c5)c5ccc(-c6ccc7c(-c8ccc9[nH]c%10ccc%11oc%12ccccc%12c%11c%10c9c8)c8ccccc8c(-c8ccc9cc(-c%10ccccc%10)ccc9c8)c7c6)cc45)ccc3c2)cc1. The molecule has 4 heteroatoms. The third-order valence-corrected chi connectivity index (χ3v) is 22.5. The summed E-state index contributed by atoms with van der Waals surface area (Å²) in [5.74, 6) is 0. The lowest BCUT2D eigenvalue weighted by atomic mass is 9.83. The average Bonchev–Trinajstić information content (AvgIpc) is 1.15. The lowest BCUT2D eigenvalue weighted by Crippen LogP contribution is -1.93. The third-order valence-electron chi connectivity index (χ3n) is 22.5. The van der Waals surface area contributed by atoms with Gasteiger partial charge in [0, 0.05) is 48.7 Å². The molecule has 0 aliphatic carbocycles. The lowest BCUT2D eigenvalue weighted by Gasteiger charge is -2.20. The molecule has 1 N–H and O–H groups in total. The summed E-state index contributed by atoms with van der Waals surface area (Å²) in [6.07, 6.45) is 0. The molecule has 19 aromatic carbocycles. The quantitative estimate of drug-likeness (QED) is 0.162. The Morgan fingerprint density at radius 2 is 0.519 bits per heavy atom. The van der Waals surface area contributed by atoms with Gasteiger partial charge in [-0.3, -0.25) is 0 Å². The van der Waals surface area contributed by atoms with E-state index >= 15 is 0 Å². The van der Waals surface area contributed by atoms with Gasteiger partial charge in [-0.15, -0.1) is 0 Å². The van der Waals surface area contributed by atoms with Crippen molar-refractivity contribution < 1.29 is 13.3 Å². The zero-order valence-corrected chi connectivity index (χ0v) is 56.1. The van der Waals surface area contributed by atoms with Crippen molar-refractivity contribution in [3.05, 3.63) is 340 Å². The van der Waals surface area contributed by atoms with E-state index in [1.54, 1.807) is 0 Å². The van der Waals surface area contributed by atoms with Crippen molar-refractivity contribution in [1.82, 2.24) is 4.98 Å². The molecule has 480 valence electrons. The Morgan fingerprint density at radius 3 is 1.12 bits per heavy atom. The van der Waals surface area contributed by atoms with Crippen LogP contribution in [0, 0.1) is 0 Å². The van der Waals surface area contributed by atoms with Crippen LogP contribution < -0.4 is 0 Å². The molecule has 0 saturated heterocycles. The van der Waals surface area contributed by atoms with Gasteiger partial charge in [0.25, 0.3) is 0 Å². The van der Waals surface area contributed by atoms with E-state index < -0.39 is 0 Å². The average molecular weight is 1320 g/mol. The summed E-state index contributed by atoms with van der Waals surface area (Å²) in [5.41, 5.74) is 23.7. The van der Waals surface area contributed by atoms with Crippen LogP contribution in [0.1, 0.15) is 0 Å². The fourth-order valence-corrected chi connectivity index (χ4v) is 17.8. The summed E-state index contributed by atoms with van der Waals surface area (Å²) < 4.78 is 20.1. The van der Waals surface area contributed by atoms with Gasteiger partial charge in [-0.25, -0.2) is 0 Å². The maximum absolute atomic E-state index is 7.01. The monoisotopic (exact) mass is 1320 g/mol. The first kappa shape index (κ1) is 57.0. The molecular weight excluding hydrogens is 1260 g/mol. The predicted molar refractivity (Wildman–Crippen MR) is 438 cm³/mol. The van der Waals surface area contributed by atoms with Crippen LogP contribution in [0.25, 0.3) is 241 Å². The predicted octanol–water partition coefficient (Wildman–Crippen LogP) is 28.8. The first-order valence-electron chi connectivity index (χ1n) is 35.7. The molecule has 0 fully saturated rings. The van der Waals surface area contributed by atoms with Gasteiger partial charge in [-0.05, 0) is 250 Å². The Bertz CT molecular complexity index is 7650. The van der Waals surface area contributed by atoms with Crippen LogP contribution in [0.15, 0.2) is 353 Å². The standard InChI is InChI=1S/C100H57NO3/c1-3-15-57(16-4-1)60-27-29-64-51-68(33-31-62(64)49-60)94-75-23-11-9-21-73(75)92(70-37-43-85-84(56-70)96-86(101-85)44-48-90-98(96)80-25-13-14-26-87(80)102-90)77-40-35-66(53-82(77)94)67-36-41-78-83(54-67)95(69-34-32-63-50-61(28-30-65(63)52-69)58-17-5-2-6-18-58)76-24-12-10-22-74(76)93(78)71-39-45-88-81(55-71)79-42-47-91-99(100(79)104-88)97-72-20-8-7-19-59(72)38-46-89(97)103-91/h1-56,101H. The van der Waals surface area contributed by atoms with Crippen molar-refractivity contribution in [2.45, 2.75) is 0 Å². The zero-order chi connectivity index (χ0) is 67.8. The van der Waals surface area contributed by atoms with E-state index in [9.17, 15) is 0 Å². The topological polar surface area (TPSA) is 55.2 Å². The summed E-state index contributed by atoms with van der Waals surface area (Å²) in [7, 11) is 0. The summed E-state index contributed by atoms with van der Waals surface area (Å²) >= 11 is 0. The minimum absolute atomic E-state index is 0.814. The van der Waals surface area contributed by atoms with Crippen molar-refractivity contribution in [3.8, 4) is 77.9 Å². The summed E-state index contributed by atoms with van der Waals surface area (Å²) in [6, 6.07) is 125. The highest BCUT2D eigenvalue weighted by Crippen LogP contribution is 2.51. The molecule has 4 heterocycles. The Hall–Kier alpha value is -13.8. The Balaban J connectivity index is 0.767. The molecule has 23 rings (SSSR count). The van der Waals surface area contributed by atoms with Gasteiger partial charge in [0.2, 0.25) is 0 Å². The number of aromatic amines is 1. The molecule has 0 bridgehead atoms. The Labute approximate surface area is 595 Å².